The Labute approximate surface area is 145 Å². The fourth-order valence-corrected chi connectivity index (χ4v) is 2.44. The van der Waals surface area contributed by atoms with Crippen molar-refractivity contribution in [2.24, 2.45) is 0 Å². The van der Waals surface area contributed by atoms with E-state index >= 15 is 0 Å². The van der Waals surface area contributed by atoms with Gasteiger partial charge in [0.25, 0.3) is 0 Å². The van der Waals surface area contributed by atoms with Crippen LogP contribution >= 0.6 is 12.2 Å². The van der Waals surface area contributed by atoms with Gasteiger partial charge in [0.05, 0.1) is 11.9 Å². The van der Waals surface area contributed by atoms with Gasteiger partial charge in [0.1, 0.15) is 5.82 Å². The Hall–Kier alpha value is -2.73. The number of rotatable bonds is 4. The van der Waals surface area contributed by atoms with Gasteiger partial charge in [0.15, 0.2) is 5.11 Å². The highest BCUT2D eigenvalue weighted by Gasteiger charge is 2.08. The van der Waals surface area contributed by atoms with Gasteiger partial charge in [-0.15, -0.1) is 0 Å². The summed E-state index contributed by atoms with van der Waals surface area (Å²) in [6, 6.07) is 16.0. The number of halogens is 1. The van der Waals surface area contributed by atoms with Crippen LogP contribution in [-0.4, -0.2) is 26.8 Å². The van der Waals surface area contributed by atoms with E-state index in [9.17, 15) is 4.39 Å². The molecule has 0 aliphatic carbocycles. The lowest BCUT2D eigenvalue weighted by Gasteiger charge is -2.20. The highest BCUT2D eigenvalue weighted by molar-refractivity contribution is 7.80. The summed E-state index contributed by atoms with van der Waals surface area (Å²) in [5, 5.41) is 8.03. The number of para-hydroxylation sites is 1. The third kappa shape index (κ3) is 3.97. The number of nitrogens with zero attached hydrogens (tertiary/aromatic N) is 3. The first kappa shape index (κ1) is 16.1. The Morgan fingerprint density at radius 3 is 2.58 bits per heavy atom. The minimum Gasteiger partial charge on any atom is -0.348 e. The van der Waals surface area contributed by atoms with Crippen molar-refractivity contribution in [2.75, 3.05) is 12.4 Å². The Balaban J connectivity index is 1.62. The van der Waals surface area contributed by atoms with Gasteiger partial charge in [-0.3, -0.25) is 0 Å². The molecule has 0 fully saturated rings. The molecule has 1 N–H and O–H groups in total. The molecule has 6 heteroatoms. The average molecular weight is 340 g/mol. The molecule has 0 amide bonds. The zero-order chi connectivity index (χ0) is 16.9. The van der Waals surface area contributed by atoms with Crippen molar-refractivity contribution >= 4 is 23.0 Å². The molecule has 0 saturated heterocycles. The molecule has 0 aliphatic rings. The van der Waals surface area contributed by atoms with Crippen LogP contribution in [0.4, 0.5) is 10.1 Å². The van der Waals surface area contributed by atoms with E-state index in [-0.39, 0.29) is 5.82 Å². The van der Waals surface area contributed by atoms with Crippen LogP contribution in [-0.2, 0) is 6.54 Å². The van der Waals surface area contributed by atoms with Crippen LogP contribution in [0.25, 0.3) is 5.69 Å². The summed E-state index contributed by atoms with van der Waals surface area (Å²) in [7, 11) is 1.90. The Morgan fingerprint density at radius 2 is 1.88 bits per heavy atom. The molecule has 3 rings (SSSR count). The molecule has 0 saturated carbocycles. The van der Waals surface area contributed by atoms with Gasteiger partial charge in [0, 0.05) is 31.0 Å². The molecule has 0 spiro atoms. The average Bonchev–Trinajstić information content (AvgIpc) is 3.06. The van der Waals surface area contributed by atoms with E-state index in [2.05, 4.69) is 10.4 Å². The topological polar surface area (TPSA) is 33.1 Å². The van der Waals surface area contributed by atoms with Crippen molar-refractivity contribution in [1.82, 2.24) is 14.7 Å². The number of benzene rings is 2. The van der Waals surface area contributed by atoms with E-state index in [1.165, 1.54) is 12.1 Å². The fraction of sp³-hybridized carbons (Fsp3) is 0.111. The molecule has 0 bridgehead atoms. The zero-order valence-corrected chi connectivity index (χ0v) is 14.0. The van der Waals surface area contributed by atoms with Gasteiger partial charge < -0.3 is 10.2 Å². The van der Waals surface area contributed by atoms with Gasteiger partial charge in [-0.1, -0.05) is 18.2 Å². The van der Waals surface area contributed by atoms with Gasteiger partial charge in [0.2, 0.25) is 0 Å². The van der Waals surface area contributed by atoms with Gasteiger partial charge >= 0.3 is 0 Å². The van der Waals surface area contributed by atoms with E-state index in [0.29, 0.717) is 11.7 Å². The van der Waals surface area contributed by atoms with E-state index < -0.39 is 0 Å². The van der Waals surface area contributed by atoms with E-state index in [1.54, 1.807) is 12.1 Å². The second-order valence-electron chi connectivity index (χ2n) is 5.42. The van der Waals surface area contributed by atoms with Crippen LogP contribution < -0.4 is 5.32 Å². The normalized spacial score (nSPS) is 10.4. The Morgan fingerprint density at radius 1 is 1.17 bits per heavy atom. The predicted octanol–water partition coefficient (Wildman–Crippen LogP) is 3.84. The number of thiocarbonyl (C=S) groups is 1. The molecule has 24 heavy (non-hydrogen) atoms. The third-order valence-electron chi connectivity index (χ3n) is 3.52. The maximum Gasteiger partial charge on any atom is 0.173 e. The molecule has 4 nitrogen and oxygen atoms in total. The molecule has 1 aromatic heterocycles. The minimum absolute atomic E-state index is 0.270. The predicted molar refractivity (Wildman–Crippen MR) is 97.7 cm³/mol. The quantitative estimate of drug-likeness (QED) is 0.732. The van der Waals surface area contributed by atoms with Crippen LogP contribution in [0, 0.1) is 5.82 Å². The summed E-state index contributed by atoms with van der Waals surface area (Å²) < 4.78 is 14.8. The molecule has 122 valence electrons. The van der Waals surface area contributed by atoms with Gasteiger partial charge in [-0.2, -0.15) is 5.10 Å². The summed E-state index contributed by atoms with van der Waals surface area (Å²) in [6.07, 6.45) is 3.80. The Bertz CT molecular complexity index is 815. The van der Waals surface area contributed by atoms with Crippen molar-refractivity contribution in [2.45, 2.75) is 6.54 Å². The minimum atomic E-state index is -0.270. The lowest BCUT2D eigenvalue weighted by Crippen LogP contribution is -2.30. The largest absolute Gasteiger partial charge is 0.348 e. The lowest BCUT2D eigenvalue weighted by atomic mass is 10.3. The first-order valence-electron chi connectivity index (χ1n) is 7.48. The SMILES string of the molecule is CN(Cc1cnn(-c2ccccc2)c1)C(=S)Nc1ccc(F)cc1. The maximum absolute atomic E-state index is 12.9. The monoisotopic (exact) mass is 340 g/mol. The molecule has 2 aromatic carbocycles. The summed E-state index contributed by atoms with van der Waals surface area (Å²) in [4.78, 5) is 1.91. The van der Waals surface area contributed by atoms with Crippen LogP contribution in [0.2, 0.25) is 0 Å². The summed E-state index contributed by atoms with van der Waals surface area (Å²) in [5.41, 5.74) is 2.82. The van der Waals surface area contributed by atoms with Crippen molar-refractivity contribution in [1.29, 1.82) is 0 Å². The molecular formula is C18H17FN4S. The molecule has 0 atom stereocenters. The van der Waals surface area contributed by atoms with Crippen LogP contribution in [0.15, 0.2) is 67.0 Å². The van der Waals surface area contributed by atoms with Crippen molar-refractivity contribution < 1.29 is 4.39 Å². The van der Waals surface area contributed by atoms with Crippen LogP contribution in [0.5, 0.6) is 0 Å². The summed E-state index contributed by atoms with van der Waals surface area (Å²) >= 11 is 5.38. The first-order valence-corrected chi connectivity index (χ1v) is 7.89. The zero-order valence-electron chi connectivity index (χ0n) is 13.2. The number of hydrogen-bond acceptors (Lipinski definition) is 2. The number of aromatic nitrogens is 2. The number of anilines is 1. The second-order valence-corrected chi connectivity index (χ2v) is 5.81. The first-order chi connectivity index (χ1) is 11.6. The second kappa shape index (κ2) is 7.23. The highest BCUT2D eigenvalue weighted by atomic mass is 32.1. The molecule has 3 aromatic rings. The molecule has 0 unspecified atom stereocenters. The fourth-order valence-electron chi connectivity index (χ4n) is 2.26. The molecule has 1 heterocycles. The van der Waals surface area contributed by atoms with Gasteiger partial charge in [-0.25, -0.2) is 9.07 Å². The number of hydrogen-bond donors (Lipinski definition) is 1. The van der Waals surface area contributed by atoms with Crippen LogP contribution in [0.3, 0.4) is 0 Å². The van der Waals surface area contributed by atoms with E-state index in [1.807, 2.05) is 59.4 Å². The molecular weight excluding hydrogens is 323 g/mol. The van der Waals surface area contributed by atoms with Crippen molar-refractivity contribution in [3.05, 3.63) is 78.4 Å². The third-order valence-corrected chi connectivity index (χ3v) is 3.93. The van der Waals surface area contributed by atoms with E-state index in [4.69, 9.17) is 12.2 Å². The van der Waals surface area contributed by atoms with Crippen molar-refractivity contribution in [3.8, 4) is 5.69 Å². The smallest absolute Gasteiger partial charge is 0.173 e. The maximum atomic E-state index is 12.9. The van der Waals surface area contributed by atoms with Crippen LogP contribution in [0.1, 0.15) is 5.56 Å². The molecule has 0 radical (unpaired) electrons. The molecule has 0 aliphatic heterocycles. The Kier molecular flexibility index (Phi) is 4.86. The summed E-state index contributed by atoms with van der Waals surface area (Å²) in [6.45, 7) is 0.625. The number of nitrogens with one attached hydrogen (secondary N) is 1. The van der Waals surface area contributed by atoms with Gasteiger partial charge in [-0.05, 0) is 48.6 Å². The summed E-state index contributed by atoms with van der Waals surface area (Å²) in [5.74, 6) is -0.270. The highest BCUT2D eigenvalue weighted by Crippen LogP contribution is 2.12. The van der Waals surface area contributed by atoms with Crippen molar-refractivity contribution in [3.63, 3.8) is 0 Å². The van der Waals surface area contributed by atoms with E-state index in [0.717, 1.165) is 16.9 Å². The standard InChI is InChI=1S/C18H17FN4S/c1-22(18(24)21-16-9-7-15(19)8-10-16)12-14-11-20-23(13-14)17-5-3-2-4-6-17/h2-11,13H,12H2,1H3,(H,21,24). The lowest BCUT2D eigenvalue weighted by molar-refractivity contribution is 0.508.